The van der Waals surface area contributed by atoms with Crippen molar-refractivity contribution in [3.63, 3.8) is 0 Å². The van der Waals surface area contributed by atoms with E-state index in [0.717, 1.165) is 0 Å². The Morgan fingerprint density at radius 1 is 1.38 bits per heavy atom. The number of aliphatic carboxylic acids is 1. The van der Waals surface area contributed by atoms with Gasteiger partial charge in [-0.25, -0.2) is 12.7 Å². The monoisotopic (exact) mass is 249 g/mol. The van der Waals surface area contributed by atoms with Gasteiger partial charge in [0.15, 0.2) is 0 Å². The Labute approximate surface area is 96.5 Å². The summed E-state index contributed by atoms with van der Waals surface area (Å²) >= 11 is 0. The van der Waals surface area contributed by atoms with Gasteiger partial charge in [0.1, 0.15) is 0 Å². The highest BCUT2D eigenvalue weighted by molar-refractivity contribution is 7.89. The van der Waals surface area contributed by atoms with E-state index in [0.29, 0.717) is 13.1 Å². The Morgan fingerprint density at radius 2 is 1.88 bits per heavy atom. The SMILES string of the molecule is CC(C)CS(=O)(=O)N1CC(C(C)C(=O)O)C1. The number of carboxylic acid groups (broad SMARTS) is 1. The minimum Gasteiger partial charge on any atom is -0.481 e. The summed E-state index contributed by atoms with van der Waals surface area (Å²) in [5.74, 6) is -1.13. The van der Waals surface area contributed by atoms with Crippen LogP contribution in [0.2, 0.25) is 0 Å². The summed E-state index contributed by atoms with van der Waals surface area (Å²) < 4.78 is 24.9. The lowest BCUT2D eigenvalue weighted by molar-refractivity contribution is -0.144. The van der Waals surface area contributed by atoms with E-state index in [1.165, 1.54) is 4.31 Å². The molecule has 5 nitrogen and oxygen atoms in total. The highest BCUT2D eigenvalue weighted by Gasteiger charge is 2.40. The van der Waals surface area contributed by atoms with E-state index in [2.05, 4.69) is 0 Å². The van der Waals surface area contributed by atoms with Crippen molar-refractivity contribution in [1.82, 2.24) is 4.31 Å². The molecule has 16 heavy (non-hydrogen) atoms. The first kappa shape index (κ1) is 13.4. The molecule has 1 rings (SSSR count). The summed E-state index contributed by atoms with van der Waals surface area (Å²) in [5.41, 5.74) is 0. The standard InChI is InChI=1S/C10H19NO4S/c1-7(2)6-16(14,15)11-4-9(5-11)8(3)10(12)13/h7-9H,4-6H2,1-3H3,(H,12,13). The van der Waals surface area contributed by atoms with Crippen molar-refractivity contribution >= 4 is 16.0 Å². The van der Waals surface area contributed by atoms with E-state index >= 15 is 0 Å². The van der Waals surface area contributed by atoms with Crippen LogP contribution in [0, 0.1) is 17.8 Å². The zero-order valence-electron chi connectivity index (χ0n) is 9.88. The van der Waals surface area contributed by atoms with Gasteiger partial charge in [0.25, 0.3) is 0 Å². The van der Waals surface area contributed by atoms with Crippen molar-refractivity contribution in [2.75, 3.05) is 18.8 Å². The average molecular weight is 249 g/mol. The molecule has 1 N–H and O–H groups in total. The molecule has 0 aromatic rings. The number of carboxylic acids is 1. The molecular formula is C10H19NO4S. The number of hydrogen-bond donors (Lipinski definition) is 1. The molecule has 0 amide bonds. The molecule has 1 unspecified atom stereocenters. The molecule has 0 aliphatic carbocycles. The predicted octanol–water partition coefficient (Wildman–Crippen LogP) is 0.625. The van der Waals surface area contributed by atoms with E-state index in [1.54, 1.807) is 6.92 Å². The van der Waals surface area contributed by atoms with Crippen LogP contribution in [0.1, 0.15) is 20.8 Å². The summed E-state index contributed by atoms with van der Waals surface area (Å²) in [4.78, 5) is 10.7. The van der Waals surface area contributed by atoms with Crippen LogP contribution in [0.5, 0.6) is 0 Å². The van der Waals surface area contributed by atoms with Crippen LogP contribution in [0.3, 0.4) is 0 Å². The van der Waals surface area contributed by atoms with Crippen molar-refractivity contribution in [2.24, 2.45) is 17.8 Å². The predicted molar refractivity (Wildman–Crippen MR) is 60.5 cm³/mol. The van der Waals surface area contributed by atoms with Gasteiger partial charge in [0, 0.05) is 13.1 Å². The highest BCUT2D eigenvalue weighted by atomic mass is 32.2. The maximum Gasteiger partial charge on any atom is 0.306 e. The fourth-order valence-corrected chi connectivity index (χ4v) is 3.63. The summed E-state index contributed by atoms with van der Waals surface area (Å²) in [7, 11) is -3.17. The first-order valence-corrected chi connectivity index (χ1v) is 7.05. The van der Waals surface area contributed by atoms with Crippen LogP contribution >= 0.6 is 0 Å². The summed E-state index contributed by atoms with van der Waals surface area (Å²) in [6, 6.07) is 0. The lowest BCUT2D eigenvalue weighted by Gasteiger charge is -2.40. The molecule has 0 saturated carbocycles. The van der Waals surface area contributed by atoms with Crippen molar-refractivity contribution in [3.05, 3.63) is 0 Å². The van der Waals surface area contributed by atoms with Gasteiger partial charge < -0.3 is 5.11 Å². The Hall–Kier alpha value is -0.620. The molecule has 1 atom stereocenters. The van der Waals surface area contributed by atoms with Crippen LogP contribution < -0.4 is 0 Å². The molecule has 1 heterocycles. The molecule has 1 saturated heterocycles. The molecular weight excluding hydrogens is 230 g/mol. The fraction of sp³-hybridized carbons (Fsp3) is 0.900. The largest absolute Gasteiger partial charge is 0.481 e. The molecule has 94 valence electrons. The van der Waals surface area contributed by atoms with E-state index in [9.17, 15) is 13.2 Å². The molecule has 0 spiro atoms. The fourth-order valence-electron chi connectivity index (χ4n) is 1.74. The third-order valence-corrected chi connectivity index (χ3v) is 5.08. The van der Waals surface area contributed by atoms with E-state index in [-0.39, 0.29) is 17.6 Å². The minimum atomic E-state index is -3.17. The molecule has 0 aromatic carbocycles. The van der Waals surface area contributed by atoms with Crippen LogP contribution in [0.4, 0.5) is 0 Å². The third-order valence-electron chi connectivity index (χ3n) is 2.91. The quantitative estimate of drug-likeness (QED) is 0.775. The number of rotatable bonds is 5. The Balaban J connectivity index is 2.50. The number of hydrogen-bond acceptors (Lipinski definition) is 3. The molecule has 0 radical (unpaired) electrons. The molecule has 1 aliphatic heterocycles. The van der Waals surface area contributed by atoms with E-state index in [1.807, 2.05) is 13.8 Å². The zero-order chi connectivity index (χ0) is 12.5. The van der Waals surface area contributed by atoms with Gasteiger partial charge in [-0.15, -0.1) is 0 Å². The lowest BCUT2D eigenvalue weighted by atomic mass is 9.89. The molecule has 0 aromatic heterocycles. The topological polar surface area (TPSA) is 74.7 Å². The zero-order valence-corrected chi connectivity index (χ0v) is 10.7. The van der Waals surface area contributed by atoms with Gasteiger partial charge >= 0.3 is 5.97 Å². The Bertz CT molecular complexity index is 357. The van der Waals surface area contributed by atoms with Gasteiger partial charge in [-0.2, -0.15) is 0 Å². The van der Waals surface area contributed by atoms with E-state index < -0.39 is 21.9 Å². The molecule has 1 fully saturated rings. The smallest absolute Gasteiger partial charge is 0.306 e. The Kier molecular flexibility index (Phi) is 3.96. The van der Waals surface area contributed by atoms with Crippen molar-refractivity contribution in [2.45, 2.75) is 20.8 Å². The lowest BCUT2D eigenvalue weighted by Crippen LogP contribution is -2.54. The number of sulfonamides is 1. The van der Waals surface area contributed by atoms with Crippen LogP contribution in [-0.2, 0) is 14.8 Å². The van der Waals surface area contributed by atoms with Gasteiger partial charge in [-0.1, -0.05) is 20.8 Å². The first-order valence-electron chi connectivity index (χ1n) is 5.44. The van der Waals surface area contributed by atoms with Crippen LogP contribution in [0.25, 0.3) is 0 Å². The Morgan fingerprint density at radius 3 is 2.25 bits per heavy atom. The minimum absolute atomic E-state index is 0.0422. The van der Waals surface area contributed by atoms with Gasteiger partial charge in [-0.05, 0) is 11.8 Å². The van der Waals surface area contributed by atoms with Gasteiger partial charge in [0.2, 0.25) is 10.0 Å². The number of carbonyl (C=O) groups is 1. The van der Waals surface area contributed by atoms with E-state index in [4.69, 9.17) is 5.11 Å². The number of nitrogens with zero attached hydrogens (tertiary/aromatic N) is 1. The van der Waals surface area contributed by atoms with Crippen LogP contribution in [-0.4, -0.2) is 42.6 Å². The first-order chi connectivity index (χ1) is 7.24. The normalized spacial score (nSPS) is 20.8. The highest BCUT2D eigenvalue weighted by Crippen LogP contribution is 2.27. The third kappa shape index (κ3) is 2.95. The average Bonchev–Trinajstić information content (AvgIpc) is 1.96. The molecule has 1 aliphatic rings. The molecule has 6 heteroatoms. The second-order valence-electron chi connectivity index (χ2n) is 4.88. The maximum absolute atomic E-state index is 11.7. The van der Waals surface area contributed by atoms with Crippen molar-refractivity contribution in [3.8, 4) is 0 Å². The second kappa shape index (κ2) is 4.71. The van der Waals surface area contributed by atoms with Gasteiger partial charge in [0.05, 0.1) is 11.7 Å². The van der Waals surface area contributed by atoms with Gasteiger partial charge in [-0.3, -0.25) is 4.79 Å². The van der Waals surface area contributed by atoms with Crippen molar-refractivity contribution < 1.29 is 18.3 Å². The summed E-state index contributed by atoms with van der Waals surface area (Å²) in [6.07, 6.45) is 0. The summed E-state index contributed by atoms with van der Waals surface area (Å²) in [5, 5.41) is 8.78. The molecule has 0 bridgehead atoms. The van der Waals surface area contributed by atoms with Crippen molar-refractivity contribution in [1.29, 1.82) is 0 Å². The second-order valence-corrected chi connectivity index (χ2v) is 6.89. The summed E-state index contributed by atoms with van der Waals surface area (Å²) in [6.45, 7) is 6.04. The maximum atomic E-state index is 11.7. The van der Waals surface area contributed by atoms with Crippen LogP contribution in [0.15, 0.2) is 0 Å².